The van der Waals surface area contributed by atoms with E-state index in [-0.39, 0.29) is 24.6 Å². The fourth-order valence-corrected chi connectivity index (χ4v) is 3.95. The molecule has 2 aliphatic rings. The summed E-state index contributed by atoms with van der Waals surface area (Å²) in [5.74, 6) is 0.854. The Labute approximate surface area is 148 Å². The lowest BCUT2D eigenvalue weighted by molar-refractivity contribution is -0.131. The summed E-state index contributed by atoms with van der Waals surface area (Å²) in [7, 11) is 0. The first kappa shape index (κ1) is 17.8. The van der Waals surface area contributed by atoms with E-state index < -0.39 is 5.60 Å². The lowest BCUT2D eigenvalue weighted by atomic mass is 9.78. The third-order valence-corrected chi connectivity index (χ3v) is 5.01. The smallest absolute Gasteiger partial charge is 0.407 e. The maximum absolute atomic E-state index is 12.5. The molecule has 2 fully saturated rings. The van der Waals surface area contributed by atoms with Crippen LogP contribution in [-0.2, 0) is 16.1 Å². The Morgan fingerprint density at radius 3 is 2.76 bits per heavy atom. The summed E-state index contributed by atoms with van der Waals surface area (Å²) in [5, 5.41) is 7.14. The first-order chi connectivity index (χ1) is 11.8. The second-order valence-corrected chi connectivity index (χ2v) is 8.11. The second-order valence-electron chi connectivity index (χ2n) is 8.11. The van der Waals surface area contributed by atoms with Gasteiger partial charge in [0.05, 0.1) is 0 Å². The molecule has 2 heterocycles. The summed E-state index contributed by atoms with van der Waals surface area (Å²) < 4.78 is 7.04. The van der Waals surface area contributed by atoms with E-state index in [9.17, 15) is 9.59 Å². The van der Waals surface area contributed by atoms with Gasteiger partial charge in [0, 0.05) is 37.4 Å². The maximum atomic E-state index is 12.5. The molecule has 7 heteroatoms. The fourth-order valence-electron chi connectivity index (χ4n) is 3.95. The Balaban J connectivity index is 1.58. The molecule has 1 aliphatic heterocycles. The van der Waals surface area contributed by atoms with Gasteiger partial charge in [0.15, 0.2) is 0 Å². The van der Waals surface area contributed by atoms with Gasteiger partial charge in [-0.2, -0.15) is 5.10 Å². The van der Waals surface area contributed by atoms with Crippen LogP contribution in [0.25, 0.3) is 0 Å². The van der Waals surface area contributed by atoms with Gasteiger partial charge in [0.2, 0.25) is 5.91 Å². The molecule has 0 aromatic carbocycles. The van der Waals surface area contributed by atoms with E-state index in [1.807, 2.05) is 31.7 Å². The summed E-state index contributed by atoms with van der Waals surface area (Å²) in [6.07, 6.45) is 6.25. The minimum absolute atomic E-state index is 0.0797. The van der Waals surface area contributed by atoms with Gasteiger partial charge in [-0.15, -0.1) is 0 Å². The molecular formula is C18H28N4O3. The number of alkyl carbamates (subject to hydrolysis) is 1. The summed E-state index contributed by atoms with van der Waals surface area (Å²) in [4.78, 5) is 26.6. The Morgan fingerprint density at radius 1 is 1.28 bits per heavy atom. The predicted octanol–water partition coefficient (Wildman–Crippen LogP) is 2.03. The van der Waals surface area contributed by atoms with Crippen LogP contribution in [0.15, 0.2) is 18.5 Å². The van der Waals surface area contributed by atoms with Gasteiger partial charge in [-0.25, -0.2) is 4.79 Å². The monoisotopic (exact) mass is 348 g/mol. The maximum Gasteiger partial charge on any atom is 0.407 e. The zero-order chi connectivity index (χ0) is 18.0. The van der Waals surface area contributed by atoms with Crippen LogP contribution in [0.4, 0.5) is 4.79 Å². The quantitative estimate of drug-likeness (QED) is 0.907. The molecule has 1 aliphatic carbocycles. The van der Waals surface area contributed by atoms with Crippen molar-refractivity contribution in [2.24, 2.45) is 11.8 Å². The van der Waals surface area contributed by atoms with Gasteiger partial charge in [-0.3, -0.25) is 9.48 Å². The van der Waals surface area contributed by atoms with Crippen molar-refractivity contribution in [3.05, 3.63) is 18.5 Å². The Bertz CT molecular complexity index is 608. The van der Waals surface area contributed by atoms with Crippen molar-refractivity contribution >= 4 is 12.0 Å². The number of aromatic nitrogens is 2. The van der Waals surface area contributed by atoms with Crippen LogP contribution in [0.5, 0.6) is 0 Å². The molecule has 0 radical (unpaired) electrons. The van der Waals surface area contributed by atoms with E-state index in [4.69, 9.17) is 4.74 Å². The minimum atomic E-state index is -0.500. The molecule has 3 atom stereocenters. The standard InChI is InChI=1S/C18H28N4O3/c1-18(2,3)25-17(24)20-15-7-4-6-13-10-21(11-14(13)15)16(23)12-22-9-5-8-19-22/h5,8-9,13-15H,4,6-7,10-12H2,1-3H3,(H,20,24). The predicted molar refractivity (Wildman–Crippen MR) is 92.8 cm³/mol. The zero-order valence-electron chi connectivity index (χ0n) is 15.3. The van der Waals surface area contributed by atoms with Crippen LogP contribution in [0, 0.1) is 11.8 Å². The molecule has 1 N–H and O–H groups in total. The summed E-state index contributed by atoms with van der Waals surface area (Å²) >= 11 is 0. The second kappa shape index (κ2) is 7.06. The summed E-state index contributed by atoms with van der Waals surface area (Å²) in [6, 6.07) is 1.90. The number of hydrogen-bond donors (Lipinski definition) is 1. The molecule has 138 valence electrons. The van der Waals surface area contributed by atoms with Crippen LogP contribution in [0.3, 0.4) is 0 Å². The molecule has 1 aromatic heterocycles. The highest BCUT2D eigenvalue weighted by molar-refractivity contribution is 5.76. The van der Waals surface area contributed by atoms with Crippen molar-refractivity contribution in [2.45, 2.75) is 58.2 Å². The molecular weight excluding hydrogens is 320 g/mol. The van der Waals surface area contributed by atoms with Crippen LogP contribution >= 0.6 is 0 Å². The highest BCUT2D eigenvalue weighted by atomic mass is 16.6. The van der Waals surface area contributed by atoms with Gasteiger partial charge in [-0.05, 0) is 45.6 Å². The normalized spacial score (nSPS) is 26.2. The summed E-state index contributed by atoms with van der Waals surface area (Å²) in [6.45, 7) is 7.34. The van der Waals surface area contributed by atoms with Crippen LogP contribution in [0.2, 0.25) is 0 Å². The molecule has 3 rings (SSSR count). The molecule has 0 spiro atoms. The SMILES string of the molecule is CC(C)(C)OC(=O)NC1CCCC2CN(C(=O)Cn3cccn3)CC21. The highest BCUT2D eigenvalue weighted by Crippen LogP contribution is 2.36. The van der Waals surface area contributed by atoms with E-state index in [1.54, 1.807) is 17.1 Å². The first-order valence-electron chi connectivity index (χ1n) is 9.06. The van der Waals surface area contributed by atoms with Gasteiger partial charge < -0.3 is 15.0 Å². The number of rotatable bonds is 3. The lowest BCUT2D eigenvalue weighted by Gasteiger charge is -2.33. The summed E-state index contributed by atoms with van der Waals surface area (Å²) in [5.41, 5.74) is -0.500. The van der Waals surface area contributed by atoms with Gasteiger partial charge in [0.25, 0.3) is 0 Å². The number of ether oxygens (including phenoxy) is 1. The Kier molecular flexibility index (Phi) is 5.01. The van der Waals surface area contributed by atoms with Crippen molar-refractivity contribution in [3.63, 3.8) is 0 Å². The topological polar surface area (TPSA) is 76.5 Å². The van der Waals surface area contributed by atoms with Crippen molar-refractivity contribution in [1.82, 2.24) is 20.0 Å². The minimum Gasteiger partial charge on any atom is -0.444 e. The van der Waals surface area contributed by atoms with E-state index in [2.05, 4.69) is 10.4 Å². The number of nitrogens with one attached hydrogen (secondary N) is 1. The van der Waals surface area contributed by atoms with Crippen LogP contribution in [-0.4, -0.2) is 51.4 Å². The lowest BCUT2D eigenvalue weighted by Crippen LogP contribution is -2.47. The number of carbonyl (C=O) groups is 2. The fraction of sp³-hybridized carbons (Fsp3) is 0.722. The van der Waals surface area contributed by atoms with Crippen molar-refractivity contribution in [3.8, 4) is 0 Å². The number of likely N-dealkylation sites (tertiary alicyclic amines) is 1. The number of fused-ring (bicyclic) bond motifs is 1. The van der Waals surface area contributed by atoms with Gasteiger partial charge in [0.1, 0.15) is 12.1 Å². The van der Waals surface area contributed by atoms with Crippen molar-refractivity contribution < 1.29 is 14.3 Å². The van der Waals surface area contributed by atoms with Gasteiger partial charge >= 0.3 is 6.09 Å². The number of carbonyl (C=O) groups excluding carboxylic acids is 2. The third kappa shape index (κ3) is 4.52. The molecule has 0 bridgehead atoms. The number of hydrogen-bond acceptors (Lipinski definition) is 4. The van der Waals surface area contributed by atoms with Crippen molar-refractivity contribution in [2.75, 3.05) is 13.1 Å². The van der Waals surface area contributed by atoms with Crippen LogP contribution < -0.4 is 5.32 Å². The Morgan fingerprint density at radius 2 is 2.08 bits per heavy atom. The van der Waals surface area contributed by atoms with Crippen molar-refractivity contribution in [1.29, 1.82) is 0 Å². The highest BCUT2D eigenvalue weighted by Gasteiger charge is 2.42. The molecule has 25 heavy (non-hydrogen) atoms. The number of nitrogens with zero attached hydrogens (tertiary/aromatic N) is 3. The molecule has 1 saturated heterocycles. The van der Waals surface area contributed by atoms with E-state index in [0.29, 0.717) is 18.4 Å². The van der Waals surface area contributed by atoms with E-state index >= 15 is 0 Å². The average Bonchev–Trinajstić information content (AvgIpc) is 3.14. The molecule has 7 nitrogen and oxygen atoms in total. The zero-order valence-corrected chi connectivity index (χ0v) is 15.3. The largest absolute Gasteiger partial charge is 0.444 e. The molecule has 2 amide bonds. The molecule has 1 aromatic rings. The molecule has 3 unspecified atom stereocenters. The van der Waals surface area contributed by atoms with E-state index in [1.165, 1.54) is 0 Å². The first-order valence-corrected chi connectivity index (χ1v) is 9.06. The number of amides is 2. The third-order valence-electron chi connectivity index (χ3n) is 5.01. The average molecular weight is 348 g/mol. The van der Waals surface area contributed by atoms with E-state index in [0.717, 1.165) is 25.8 Å². The van der Waals surface area contributed by atoms with Gasteiger partial charge in [-0.1, -0.05) is 6.42 Å². The van der Waals surface area contributed by atoms with Crippen LogP contribution in [0.1, 0.15) is 40.0 Å². The molecule has 1 saturated carbocycles. The Hall–Kier alpha value is -2.05.